The molecule has 3 saturated heterocycles. The van der Waals surface area contributed by atoms with Crippen LogP contribution in [-0.2, 0) is 19.0 Å². The van der Waals surface area contributed by atoms with Gasteiger partial charge in [0.05, 0.1) is 10.6 Å². The van der Waals surface area contributed by atoms with E-state index in [4.69, 9.17) is 37.4 Å². The number of rotatable bonds is 6. The lowest BCUT2D eigenvalue weighted by atomic mass is 9.97. The molecule has 0 saturated carbocycles. The molecule has 5 rings (SSSR count). The molecule has 3 fully saturated rings. The second-order valence-corrected chi connectivity index (χ2v) is 9.43. The summed E-state index contributed by atoms with van der Waals surface area (Å²) in [6.07, 6.45) is 1.87. The highest BCUT2D eigenvalue weighted by Gasteiger charge is 2.62. The molecule has 0 aromatic heterocycles. The van der Waals surface area contributed by atoms with E-state index in [1.807, 2.05) is 30.3 Å². The van der Waals surface area contributed by atoms with Crippen molar-refractivity contribution in [2.75, 3.05) is 13.7 Å². The third-order valence-corrected chi connectivity index (χ3v) is 7.22. The summed E-state index contributed by atoms with van der Waals surface area (Å²) in [5.41, 5.74) is 0.928. The van der Waals surface area contributed by atoms with Gasteiger partial charge in [0.2, 0.25) is 0 Å². The van der Waals surface area contributed by atoms with Gasteiger partial charge in [0.15, 0.2) is 0 Å². The predicted octanol–water partition coefficient (Wildman–Crippen LogP) is 4.67. The van der Waals surface area contributed by atoms with E-state index in [9.17, 15) is 9.59 Å². The Labute approximate surface area is 212 Å². The molecule has 0 N–H and O–H groups in total. The second-order valence-electron chi connectivity index (χ2n) is 8.58. The monoisotopic (exact) mass is 555 g/mol. The molecule has 6 nitrogen and oxygen atoms in total. The number of carbonyl (C=O) groups excluding carboxylic acids is 2. The number of esters is 2. The van der Waals surface area contributed by atoms with Crippen LogP contribution in [0.4, 0.5) is 0 Å². The molecule has 0 amide bonds. The van der Waals surface area contributed by atoms with Crippen LogP contribution in [-0.4, -0.2) is 60.9 Å². The first-order valence-corrected chi connectivity index (χ1v) is 11.4. The van der Waals surface area contributed by atoms with Crippen molar-refractivity contribution in [1.29, 1.82) is 0 Å². The highest BCUT2D eigenvalue weighted by Crippen LogP contribution is 2.48. The smallest absolute Gasteiger partial charge is 0.339 e. The van der Waals surface area contributed by atoms with Crippen LogP contribution in [0.3, 0.4) is 0 Å². The number of halogens is 3. The first-order chi connectivity index (χ1) is 15.4. The van der Waals surface area contributed by atoms with E-state index < -0.39 is 17.9 Å². The Bertz CT molecular complexity index is 1020. The molecule has 3 aliphatic rings. The third kappa shape index (κ3) is 4.93. The van der Waals surface area contributed by atoms with Crippen LogP contribution in [0.2, 0.25) is 10.0 Å². The van der Waals surface area contributed by atoms with Gasteiger partial charge < -0.3 is 14.2 Å². The fourth-order valence-corrected chi connectivity index (χ4v) is 5.41. The first-order valence-electron chi connectivity index (χ1n) is 10.7. The minimum Gasteiger partial charge on any atom is -0.462 e. The molecule has 33 heavy (non-hydrogen) atoms. The van der Waals surface area contributed by atoms with Crippen molar-refractivity contribution in [1.82, 2.24) is 4.90 Å². The van der Waals surface area contributed by atoms with Crippen molar-refractivity contribution in [3.8, 4) is 0 Å². The van der Waals surface area contributed by atoms with Crippen molar-refractivity contribution < 1.29 is 23.8 Å². The van der Waals surface area contributed by atoms with Crippen molar-refractivity contribution in [2.45, 2.75) is 49.2 Å². The van der Waals surface area contributed by atoms with Gasteiger partial charge in [-0.25, -0.2) is 4.79 Å². The summed E-state index contributed by atoms with van der Waals surface area (Å²) < 4.78 is 17.1. The topological polar surface area (TPSA) is 68.4 Å². The van der Waals surface area contributed by atoms with Gasteiger partial charge >= 0.3 is 11.9 Å². The average Bonchev–Trinajstić information content (AvgIpc) is 3.53. The average molecular weight is 557 g/mol. The Hall–Kier alpha value is -1.64. The molecular weight excluding hydrogens is 533 g/mol. The Balaban J connectivity index is 0.00000259. The standard InChI is InChI=1S/C24H23Cl2NO5.BrH/c1-27-19-10-15(11-20(27)22-21(19)32-22)31-24(29)17(13-5-3-2-4-6-13)12-30-23(28)16-8-7-14(25)9-18(16)26;/h2-9,15,17,19-22H,10-12H2,1H3;1H/t15?,17-,19-,20+,21-,22+;/m1./s1. The van der Waals surface area contributed by atoms with Crippen LogP contribution in [0, 0.1) is 0 Å². The lowest BCUT2D eigenvalue weighted by molar-refractivity contribution is -0.156. The normalized spacial score (nSPS) is 28.3. The predicted molar refractivity (Wildman–Crippen MR) is 129 cm³/mol. The van der Waals surface area contributed by atoms with Crippen LogP contribution < -0.4 is 0 Å². The zero-order valence-electron chi connectivity index (χ0n) is 17.9. The van der Waals surface area contributed by atoms with Crippen LogP contribution >= 0.6 is 40.2 Å². The summed E-state index contributed by atoms with van der Waals surface area (Å²) in [6.45, 7) is -0.144. The molecule has 0 spiro atoms. The molecule has 2 bridgehead atoms. The number of hydrogen-bond acceptors (Lipinski definition) is 6. The van der Waals surface area contributed by atoms with Crippen molar-refractivity contribution in [3.05, 3.63) is 69.7 Å². The molecule has 0 radical (unpaired) electrons. The number of hydrogen-bond donors (Lipinski definition) is 0. The van der Waals surface area contributed by atoms with Gasteiger partial charge in [-0.05, 0) is 30.8 Å². The summed E-state index contributed by atoms with van der Waals surface area (Å²) in [5, 5.41) is 0.622. The Kier molecular flexibility index (Phi) is 7.36. The van der Waals surface area contributed by atoms with Crippen molar-refractivity contribution in [2.24, 2.45) is 0 Å². The van der Waals surface area contributed by atoms with Gasteiger partial charge in [0.25, 0.3) is 0 Å². The molecule has 6 atom stereocenters. The molecule has 9 heteroatoms. The number of fused-ring (bicyclic) bond motifs is 5. The number of nitrogens with zero attached hydrogens (tertiary/aromatic N) is 1. The third-order valence-electron chi connectivity index (χ3n) is 6.68. The molecule has 0 aliphatic carbocycles. The molecule has 2 aromatic carbocycles. The second kappa shape index (κ2) is 9.92. The summed E-state index contributed by atoms with van der Waals surface area (Å²) >= 11 is 12.0. The maximum absolute atomic E-state index is 13.2. The number of likely N-dealkylation sites (N-methyl/N-ethyl adjacent to an activating group) is 1. The van der Waals surface area contributed by atoms with Crippen LogP contribution in [0.1, 0.15) is 34.7 Å². The van der Waals surface area contributed by atoms with E-state index in [1.165, 1.54) is 12.1 Å². The molecule has 2 aromatic rings. The Morgan fingerprint density at radius 1 is 1.09 bits per heavy atom. The number of benzene rings is 2. The minimum absolute atomic E-state index is 0. The quantitative estimate of drug-likeness (QED) is 0.380. The SMILES string of the molecule is Br.CN1[C@@H]2CC(OC(=O)[C@H](COC(=O)c3ccc(Cl)cc3Cl)c3ccccc3)C[C@H]1[C@@H]1O[C@@H]12. The van der Waals surface area contributed by atoms with E-state index in [2.05, 4.69) is 11.9 Å². The van der Waals surface area contributed by atoms with Gasteiger partial charge in [-0.15, -0.1) is 17.0 Å². The maximum atomic E-state index is 13.2. The van der Waals surface area contributed by atoms with Gasteiger partial charge in [0.1, 0.15) is 30.8 Å². The Morgan fingerprint density at radius 2 is 1.76 bits per heavy atom. The van der Waals surface area contributed by atoms with Crippen LogP contribution in [0.5, 0.6) is 0 Å². The molecular formula is C24H24BrCl2NO5. The number of carbonyl (C=O) groups is 2. The fraction of sp³-hybridized carbons (Fsp3) is 0.417. The van der Waals surface area contributed by atoms with Gasteiger partial charge in [-0.1, -0.05) is 53.5 Å². The molecule has 3 aliphatic heterocycles. The van der Waals surface area contributed by atoms with Gasteiger partial charge in [-0.3, -0.25) is 9.69 Å². The lowest BCUT2D eigenvalue weighted by Crippen LogP contribution is -2.48. The summed E-state index contributed by atoms with van der Waals surface area (Å²) in [5.74, 6) is -1.74. The van der Waals surface area contributed by atoms with E-state index in [-0.39, 0.29) is 64.6 Å². The summed E-state index contributed by atoms with van der Waals surface area (Å²) in [4.78, 5) is 28.1. The number of ether oxygens (including phenoxy) is 3. The van der Waals surface area contributed by atoms with E-state index >= 15 is 0 Å². The summed E-state index contributed by atoms with van der Waals surface area (Å²) in [7, 11) is 2.11. The molecule has 1 unspecified atom stereocenters. The van der Waals surface area contributed by atoms with E-state index in [0.717, 1.165) is 18.4 Å². The largest absolute Gasteiger partial charge is 0.462 e. The number of morpholine rings is 1. The van der Waals surface area contributed by atoms with Crippen LogP contribution in [0.25, 0.3) is 0 Å². The van der Waals surface area contributed by atoms with Crippen LogP contribution in [0.15, 0.2) is 48.5 Å². The van der Waals surface area contributed by atoms with Gasteiger partial charge in [-0.2, -0.15) is 0 Å². The lowest BCUT2D eigenvalue weighted by Gasteiger charge is -2.38. The summed E-state index contributed by atoms with van der Waals surface area (Å²) in [6, 6.07) is 14.3. The van der Waals surface area contributed by atoms with Gasteiger partial charge in [0, 0.05) is 29.9 Å². The Morgan fingerprint density at radius 3 is 2.39 bits per heavy atom. The molecule has 176 valence electrons. The van der Waals surface area contributed by atoms with E-state index in [0.29, 0.717) is 5.02 Å². The molecule has 3 heterocycles. The first kappa shape index (κ1) is 24.5. The maximum Gasteiger partial charge on any atom is 0.339 e. The highest BCUT2D eigenvalue weighted by molar-refractivity contribution is 8.93. The number of piperidine rings is 1. The van der Waals surface area contributed by atoms with Crippen molar-refractivity contribution >= 4 is 52.1 Å². The zero-order chi connectivity index (χ0) is 22.4. The highest BCUT2D eigenvalue weighted by atomic mass is 79.9. The fourth-order valence-electron chi connectivity index (χ4n) is 4.92. The minimum atomic E-state index is -0.727. The number of epoxide rings is 1. The zero-order valence-corrected chi connectivity index (χ0v) is 21.1. The van der Waals surface area contributed by atoms with Crippen molar-refractivity contribution in [3.63, 3.8) is 0 Å². The van der Waals surface area contributed by atoms with E-state index in [1.54, 1.807) is 6.07 Å².